The van der Waals surface area contributed by atoms with Gasteiger partial charge in [-0.15, -0.1) is 0 Å². The van der Waals surface area contributed by atoms with E-state index in [0.717, 1.165) is 56.5 Å². The number of rotatable bonds is 7. The molecule has 0 aliphatic heterocycles. The number of furan rings is 1. The first kappa shape index (κ1) is 33.9. The molecule has 2 aromatic heterocycles. The minimum Gasteiger partial charge on any atom is -0.455 e. The van der Waals surface area contributed by atoms with Crippen molar-refractivity contribution in [1.82, 2.24) is 4.57 Å². The van der Waals surface area contributed by atoms with E-state index in [2.05, 4.69) is 211 Å². The fourth-order valence-electron chi connectivity index (χ4n) is 8.89. The topological polar surface area (TPSA) is 21.3 Å². The molecule has 1 aliphatic rings. The standard InChI is InChI=1S/C55H40N2O/c1-37-19-33-52-50(35-37)51-36-46(32-34-53(51)57(52)43-13-6-3-7-14-43)56(44-28-24-41(25-29-44)40-22-20-39(21-23-40)38-11-4-2-5-12-38)45-30-26-42(27-31-45)47-16-10-17-49-48-15-8-9-18-54(48)58-55(47)49/h2-34,36-37H,35H2,1H3. The highest BCUT2D eigenvalue weighted by Crippen LogP contribution is 2.43. The monoisotopic (exact) mass is 744 g/mol. The van der Waals surface area contributed by atoms with Crippen LogP contribution in [-0.2, 0) is 6.42 Å². The minimum atomic E-state index is 0.472. The third kappa shape index (κ3) is 5.83. The second kappa shape index (κ2) is 14.0. The van der Waals surface area contributed by atoms with Crippen molar-refractivity contribution in [2.75, 3.05) is 4.90 Å². The van der Waals surface area contributed by atoms with Gasteiger partial charge in [0.15, 0.2) is 0 Å². The zero-order chi connectivity index (χ0) is 38.6. The van der Waals surface area contributed by atoms with Gasteiger partial charge in [-0.1, -0.05) is 146 Å². The van der Waals surface area contributed by atoms with Gasteiger partial charge in [-0.25, -0.2) is 0 Å². The quantitative estimate of drug-likeness (QED) is 0.162. The van der Waals surface area contributed by atoms with Crippen LogP contribution in [0.25, 0.3) is 78.0 Å². The van der Waals surface area contributed by atoms with Crippen LogP contribution in [0.1, 0.15) is 18.2 Å². The van der Waals surface area contributed by atoms with Crippen LogP contribution < -0.4 is 4.90 Å². The highest BCUT2D eigenvalue weighted by molar-refractivity contribution is 6.09. The Morgan fingerprint density at radius 1 is 0.500 bits per heavy atom. The summed E-state index contributed by atoms with van der Waals surface area (Å²) in [5.74, 6) is 0.472. The Morgan fingerprint density at radius 2 is 1.07 bits per heavy atom. The predicted molar refractivity (Wildman–Crippen MR) is 243 cm³/mol. The molecule has 1 aliphatic carbocycles. The Kier molecular flexibility index (Phi) is 8.18. The molecule has 1 atom stereocenters. The van der Waals surface area contributed by atoms with Crippen LogP contribution >= 0.6 is 0 Å². The summed E-state index contributed by atoms with van der Waals surface area (Å²) in [6, 6.07) is 69.8. The number of anilines is 3. The van der Waals surface area contributed by atoms with Gasteiger partial charge in [0.1, 0.15) is 11.2 Å². The van der Waals surface area contributed by atoms with Crippen LogP contribution in [0.15, 0.2) is 205 Å². The summed E-state index contributed by atoms with van der Waals surface area (Å²) in [5, 5.41) is 3.57. The number of nitrogens with zero attached hydrogens (tertiary/aromatic N) is 2. The van der Waals surface area contributed by atoms with E-state index in [4.69, 9.17) is 4.42 Å². The van der Waals surface area contributed by atoms with Crippen LogP contribution in [-0.4, -0.2) is 4.57 Å². The molecule has 8 aromatic carbocycles. The summed E-state index contributed by atoms with van der Waals surface area (Å²) < 4.78 is 8.86. The third-order valence-corrected chi connectivity index (χ3v) is 11.8. The molecule has 10 aromatic rings. The van der Waals surface area contributed by atoms with Gasteiger partial charge in [0.25, 0.3) is 0 Å². The van der Waals surface area contributed by atoms with Gasteiger partial charge in [0, 0.05) is 50.2 Å². The molecule has 0 radical (unpaired) electrons. The maximum atomic E-state index is 6.44. The van der Waals surface area contributed by atoms with Crippen molar-refractivity contribution >= 4 is 56.0 Å². The lowest BCUT2D eigenvalue weighted by molar-refractivity contribution is 0.670. The summed E-state index contributed by atoms with van der Waals surface area (Å²) >= 11 is 0. The van der Waals surface area contributed by atoms with Crippen molar-refractivity contribution in [3.63, 3.8) is 0 Å². The van der Waals surface area contributed by atoms with Crippen LogP contribution in [0.3, 0.4) is 0 Å². The van der Waals surface area contributed by atoms with Crippen LogP contribution in [0, 0.1) is 5.92 Å². The van der Waals surface area contributed by atoms with E-state index in [-0.39, 0.29) is 0 Å². The van der Waals surface area contributed by atoms with Crippen molar-refractivity contribution in [1.29, 1.82) is 0 Å². The normalized spacial score (nSPS) is 13.6. The van der Waals surface area contributed by atoms with E-state index >= 15 is 0 Å². The number of hydrogen-bond donors (Lipinski definition) is 0. The maximum absolute atomic E-state index is 6.44. The molecule has 0 fully saturated rings. The van der Waals surface area contributed by atoms with Gasteiger partial charge >= 0.3 is 0 Å². The molecular weight excluding hydrogens is 705 g/mol. The predicted octanol–water partition coefficient (Wildman–Crippen LogP) is 15.2. The molecule has 11 rings (SSSR count). The molecule has 3 heteroatoms. The Labute approximate surface area is 338 Å². The first-order valence-corrected chi connectivity index (χ1v) is 20.1. The summed E-state index contributed by atoms with van der Waals surface area (Å²) in [4.78, 5) is 2.39. The largest absolute Gasteiger partial charge is 0.455 e. The summed E-state index contributed by atoms with van der Waals surface area (Å²) in [6.07, 6.45) is 5.67. The fourth-order valence-corrected chi connectivity index (χ4v) is 8.89. The van der Waals surface area contributed by atoms with E-state index in [0.29, 0.717) is 5.92 Å². The number of benzene rings is 8. The van der Waals surface area contributed by atoms with E-state index in [1.54, 1.807) is 0 Å². The maximum Gasteiger partial charge on any atom is 0.143 e. The van der Waals surface area contributed by atoms with Gasteiger partial charge in [0.05, 0.1) is 5.52 Å². The Bertz CT molecular complexity index is 3120. The second-order valence-electron chi connectivity index (χ2n) is 15.4. The summed E-state index contributed by atoms with van der Waals surface area (Å²) in [5.41, 5.74) is 17.2. The van der Waals surface area contributed by atoms with E-state index < -0.39 is 0 Å². The second-order valence-corrected chi connectivity index (χ2v) is 15.4. The van der Waals surface area contributed by atoms with Crippen molar-refractivity contribution in [3.8, 4) is 39.1 Å². The Hall–Kier alpha value is -7.36. The molecule has 0 N–H and O–H groups in total. The number of hydrogen-bond acceptors (Lipinski definition) is 2. The number of para-hydroxylation sites is 3. The van der Waals surface area contributed by atoms with Crippen molar-refractivity contribution < 1.29 is 4.42 Å². The van der Waals surface area contributed by atoms with Crippen molar-refractivity contribution in [3.05, 3.63) is 211 Å². The smallest absolute Gasteiger partial charge is 0.143 e. The Morgan fingerprint density at radius 3 is 1.78 bits per heavy atom. The highest BCUT2D eigenvalue weighted by atomic mass is 16.3. The SMILES string of the molecule is CC1C=Cc2c(c3cc(N(c4ccc(-c5ccc(-c6ccccc6)cc5)cc4)c4ccc(-c5cccc6c5oc5ccccc56)cc4)ccc3n2-c2ccccc2)C1. The van der Waals surface area contributed by atoms with E-state index in [9.17, 15) is 0 Å². The van der Waals surface area contributed by atoms with Gasteiger partial charge in [-0.2, -0.15) is 0 Å². The molecule has 0 saturated carbocycles. The Balaban J connectivity index is 1.02. The zero-order valence-electron chi connectivity index (χ0n) is 32.2. The number of allylic oxidation sites excluding steroid dienone is 1. The minimum absolute atomic E-state index is 0.472. The molecule has 0 spiro atoms. The first-order chi connectivity index (χ1) is 28.7. The first-order valence-electron chi connectivity index (χ1n) is 20.1. The zero-order valence-corrected chi connectivity index (χ0v) is 32.2. The van der Waals surface area contributed by atoms with Crippen LogP contribution in [0.4, 0.5) is 17.1 Å². The average molecular weight is 745 g/mol. The molecule has 1 unspecified atom stereocenters. The fraction of sp³-hybridized carbons (Fsp3) is 0.0545. The van der Waals surface area contributed by atoms with E-state index in [1.807, 2.05) is 12.1 Å². The summed E-state index contributed by atoms with van der Waals surface area (Å²) in [6.45, 7) is 2.31. The lowest BCUT2D eigenvalue weighted by atomic mass is 9.93. The highest BCUT2D eigenvalue weighted by Gasteiger charge is 2.23. The van der Waals surface area contributed by atoms with Gasteiger partial charge < -0.3 is 13.9 Å². The summed E-state index contributed by atoms with van der Waals surface area (Å²) in [7, 11) is 0. The third-order valence-electron chi connectivity index (χ3n) is 11.8. The molecule has 58 heavy (non-hydrogen) atoms. The molecule has 0 amide bonds. The van der Waals surface area contributed by atoms with Crippen LogP contribution in [0.5, 0.6) is 0 Å². The van der Waals surface area contributed by atoms with Gasteiger partial charge in [0.2, 0.25) is 0 Å². The van der Waals surface area contributed by atoms with Gasteiger partial charge in [-0.3, -0.25) is 0 Å². The molecule has 0 bridgehead atoms. The van der Waals surface area contributed by atoms with Crippen molar-refractivity contribution in [2.45, 2.75) is 13.3 Å². The lowest BCUT2D eigenvalue weighted by Gasteiger charge is -2.26. The molecule has 0 saturated heterocycles. The molecule has 276 valence electrons. The molecule has 3 nitrogen and oxygen atoms in total. The van der Waals surface area contributed by atoms with Crippen molar-refractivity contribution in [2.24, 2.45) is 5.92 Å². The lowest BCUT2D eigenvalue weighted by Crippen LogP contribution is -2.10. The molecule has 2 heterocycles. The van der Waals surface area contributed by atoms with E-state index in [1.165, 1.54) is 50.1 Å². The number of fused-ring (bicyclic) bond motifs is 6. The molecular formula is C55H40N2O. The number of aromatic nitrogens is 1. The van der Waals surface area contributed by atoms with Gasteiger partial charge in [-0.05, 0) is 112 Å². The average Bonchev–Trinajstić information content (AvgIpc) is 3.83. The van der Waals surface area contributed by atoms with Crippen LogP contribution in [0.2, 0.25) is 0 Å².